The number of carbonyl (C=O) groups is 2. The van der Waals surface area contributed by atoms with E-state index in [9.17, 15) is 19.8 Å². The summed E-state index contributed by atoms with van der Waals surface area (Å²) < 4.78 is 24.5. The van der Waals surface area contributed by atoms with Gasteiger partial charge in [-0.25, -0.2) is 0 Å². The Morgan fingerprint density at radius 3 is 1.41 bits per heavy atom. The molecule has 0 radical (unpaired) electrons. The number of halogens is 2. The third kappa shape index (κ3) is 11.8. The highest BCUT2D eigenvalue weighted by atomic mass is 79.9. The maximum absolute atomic E-state index is 10.8. The molecule has 2 atom stereocenters. The van der Waals surface area contributed by atoms with E-state index in [1.165, 1.54) is 14.2 Å². The van der Waals surface area contributed by atoms with Crippen molar-refractivity contribution >= 4 is 43.8 Å². The summed E-state index contributed by atoms with van der Waals surface area (Å²) in [5.41, 5.74) is 7.49. The van der Waals surface area contributed by atoms with Gasteiger partial charge in [-0.05, 0) is 91.2 Å². The van der Waals surface area contributed by atoms with Crippen molar-refractivity contribution < 1.29 is 49.0 Å². The van der Waals surface area contributed by atoms with Gasteiger partial charge in [-0.15, -0.1) is 0 Å². The fraction of sp³-hybridized carbons (Fsp3) is 0.368. The van der Waals surface area contributed by atoms with Crippen molar-refractivity contribution in [2.24, 2.45) is 0 Å². The number of rotatable bonds is 21. The predicted molar refractivity (Wildman–Crippen MR) is 207 cm³/mol. The molecule has 0 aliphatic heterocycles. The fourth-order valence-electron chi connectivity index (χ4n) is 5.65. The first kappa shape index (κ1) is 42.4. The number of nitrogens with one attached hydrogen (secondary N) is 2. The van der Waals surface area contributed by atoms with E-state index in [0.717, 1.165) is 33.4 Å². The van der Waals surface area contributed by atoms with Crippen LogP contribution < -0.4 is 29.6 Å². The van der Waals surface area contributed by atoms with Crippen LogP contribution in [0, 0.1) is 13.8 Å². The lowest BCUT2D eigenvalue weighted by Gasteiger charge is -2.18. The normalized spacial score (nSPS) is 12.2. The molecule has 0 saturated heterocycles. The average molecular weight is 877 g/mol. The van der Waals surface area contributed by atoms with Gasteiger partial charge in [0.2, 0.25) is 23.5 Å². The van der Waals surface area contributed by atoms with Gasteiger partial charge in [0, 0.05) is 37.3 Å². The molecular formula is C38H44Br2N4O10. The molecule has 0 bridgehead atoms. The van der Waals surface area contributed by atoms with Gasteiger partial charge < -0.3 is 50.0 Å². The number of carboxylic acids is 2. The number of aliphatic hydroxyl groups is 2. The van der Waals surface area contributed by atoms with Gasteiger partial charge in [0.25, 0.3) is 0 Å². The molecule has 6 N–H and O–H groups in total. The summed E-state index contributed by atoms with van der Waals surface area (Å²) in [6, 6.07) is 15.7. The van der Waals surface area contributed by atoms with Crippen LogP contribution in [0.1, 0.15) is 46.2 Å². The predicted octanol–water partition coefficient (Wildman–Crippen LogP) is 5.31. The monoisotopic (exact) mass is 874 g/mol. The lowest BCUT2D eigenvalue weighted by atomic mass is 9.92. The molecule has 290 valence electrons. The van der Waals surface area contributed by atoms with Gasteiger partial charge in [0.05, 0.1) is 48.2 Å². The van der Waals surface area contributed by atoms with Crippen molar-refractivity contribution in [3.05, 3.63) is 90.9 Å². The van der Waals surface area contributed by atoms with Crippen LogP contribution in [0.2, 0.25) is 0 Å². The number of nitrogens with zero attached hydrogens (tertiary/aromatic N) is 2. The van der Waals surface area contributed by atoms with Gasteiger partial charge >= 0.3 is 11.9 Å². The van der Waals surface area contributed by atoms with Gasteiger partial charge in [-0.3, -0.25) is 9.59 Å². The van der Waals surface area contributed by atoms with E-state index in [1.807, 2.05) is 50.2 Å². The van der Waals surface area contributed by atoms with E-state index in [4.69, 9.17) is 29.2 Å². The highest BCUT2D eigenvalue weighted by molar-refractivity contribution is 9.10. The Morgan fingerprint density at radius 1 is 0.667 bits per heavy atom. The van der Waals surface area contributed by atoms with Crippen LogP contribution >= 0.6 is 31.9 Å². The topological polar surface area (TPSA) is 202 Å². The van der Waals surface area contributed by atoms with Crippen molar-refractivity contribution in [1.29, 1.82) is 0 Å². The first-order valence-corrected chi connectivity index (χ1v) is 18.5. The van der Waals surface area contributed by atoms with Crippen LogP contribution in [0.3, 0.4) is 0 Å². The lowest BCUT2D eigenvalue weighted by molar-refractivity contribution is -0.140. The molecule has 4 aromatic rings. The zero-order valence-corrected chi connectivity index (χ0v) is 33.5. The highest BCUT2D eigenvalue weighted by Gasteiger charge is 2.18. The highest BCUT2D eigenvalue weighted by Crippen LogP contribution is 2.34. The molecule has 2 aromatic carbocycles. The quantitative estimate of drug-likeness (QED) is 0.0629. The summed E-state index contributed by atoms with van der Waals surface area (Å²) >= 11 is 7.08. The van der Waals surface area contributed by atoms with Crippen molar-refractivity contribution in [2.45, 2.75) is 65.2 Å². The van der Waals surface area contributed by atoms with Gasteiger partial charge in [0.15, 0.2) is 0 Å². The Bertz CT molecular complexity index is 1790. The lowest BCUT2D eigenvalue weighted by Crippen LogP contribution is -2.28. The number of carboxylic acid groups (broad SMARTS) is 2. The molecule has 0 aliphatic rings. The third-order valence-electron chi connectivity index (χ3n) is 8.48. The second kappa shape index (κ2) is 20.4. The molecule has 0 spiro atoms. The molecule has 2 aromatic heterocycles. The fourth-order valence-corrected chi connectivity index (χ4v) is 6.61. The summed E-state index contributed by atoms with van der Waals surface area (Å²) in [6.45, 7) is 5.37. The van der Waals surface area contributed by atoms with E-state index >= 15 is 0 Å². The maximum Gasteiger partial charge on any atom is 0.306 e. The minimum atomic E-state index is -1.07. The first-order chi connectivity index (χ1) is 25.8. The number of benzene rings is 2. The van der Waals surface area contributed by atoms with E-state index in [1.54, 1.807) is 0 Å². The molecule has 54 heavy (non-hydrogen) atoms. The Morgan fingerprint density at radius 2 is 1.06 bits per heavy atom. The van der Waals surface area contributed by atoms with Gasteiger partial charge in [-0.1, -0.05) is 36.4 Å². The van der Waals surface area contributed by atoms with E-state index < -0.39 is 24.1 Å². The molecule has 2 heterocycles. The average Bonchev–Trinajstić information content (AvgIpc) is 3.11. The molecule has 4 rings (SSSR count). The number of aromatic nitrogens is 2. The smallest absolute Gasteiger partial charge is 0.306 e. The molecule has 0 fully saturated rings. The number of hydrogen-bond acceptors (Lipinski definition) is 12. The van der Waals surface area contributed by atoms with E-state index in [0.29, 0.717) is 56.7 Å². The number of hydrogen-bond donors (Lipinski definition) is 6. The van der Waals surface area contributed by atoms with E-state index in [2.05, 4.69) is 64.6 Å². The summed E-state index contributed by atoms with van der Waals surface area (Å²) in [5, 5.41) is 43.4. The van der Waals surface area contributed by atoms with Crippen molar-refractivity contribution in [1.82, 2.24) is 20.6 Å². The summed E-state index contributed by atoms with van der Waals surface area (Å²) in [4.78, 5) is 30.7. The zero-order valence-electron chi connectivity index (χ0n) is 30.3. The second-order valence-corrected chi connectivity index (χ2v) is 14.1. The van der Waals surface area contributed by atoms with Crippen molar-refractivity contribution in [2.75, 3.05) is 27.3 Å². The maximum atomic E-state index is 10.8. The molecular weight excluding hydrogens is 832 g/mol. The third-order valence-corrected chi connectivity index (χ3v) is 9.61. The molecule has 0 amide bonds. The molecule has 0 unspecified atom stereocenters. The Kier molecular flexibility index (Phi) is 16.0. The summed E-state index contributed by atoms with van der Waals surface area (Å²) in [5.74, 6) is -0.773. The Labute approximate surface area is 330 Å². The zero-order chi connectivity index (χ0) is 39.4. The van der Waals surface area contributed by atoms with Gasteiger partial charge in [0.1, 0.15) is 13.2 Å². The van der Waals surface area contributed by atoms with Crippen LogP contribution in [0.15, 0.2) is 57.5 Å². The number of aliphatic carboxylic acids is 2. The first-order valence-electron chi connectivity index (χ1n) is 16.9. The van der Waals surface area contributed by atoms with Crippen LogP contribution in [0.4, 0.5) is 0 Å². The van der Waals surface area contributed by atoms with Crippen LogP contribution in [0.5, 0.6) is 23.5 Å². The minimum Gasteiger partial charge on any atom is -0.481 e. The molecule has 16 heteroatoms. The summed E-state index contributed by atoms with van der Waals surface area (Å²) in [7, 11) is 3.00. The van der Waals surface area contributed by atoms with Crippen LogP contribution in [0.25, 0.3) is 11.1 Å². The molecule has 14 nitrogen and oxygen atoms in total. The van der Waals surface area contributed by atoms with E-state index in [-0.39, 0.29) is 39.1 Å². The second-order valence-electron chi connectivity index (χ2n) is 12.4. The van der Waals surface area contributed by atoms with Crippen LogP contribution in [-0.2, 0) is 35.9 Å². The standard InChI is InChI=1S/C38H44Br2N4O10/c1-21-23(19-53-37-31(39)11-25(35(43-37)51-3)15-41-17-27(45)13-33(47)48)7-5-9-29(21)30-10-6-8-24(22(30)2)20-54-38-32(40)12-26(36(44-38)52-4)16-42-18-28(46)14-34(49)50/h5-12,27-28,41-42,45-46H,13-20H2,1-4H3,(H,47,48)(H,49,50)/t27-,28-/m0/s1. The SMILES string of the molecule is COc1nc(OCc2cccc(-c3cccc(COc4nc(OC)c(CNC[C@@H](O)CC(=O)O)cc4Br)c3C)c2C)c(Br)cc1CNC[C@@H](O)CC(=O)O. The van der Waals surface area contributed by atoms with Gasteiger partial charge in [-0.2, -0.15) is 9.97 Å². The van der Waals surface area contributed by atoms with Crippen molar-refractivity contribution in [3.8, 4) is 34.6 Å². The number of pyridine rings is 2. The Hall–Kier alpha value is -4.32. The number of ether oxygens (including phenoxy) is 4. The number of methoxy groups -OCH3 is 2. The largest absolute Gasteiger partial charge is 0.481 e. The Balaban J connectivity index is 1.43. The minimum absolute atomic E-state index is 0.0981. The summed E-state index contributed by atoms with van der Waals surface area (Å²) in [6.07, 6.45) is -2.74. The van der Waals surface area contributed by atoms with Crippen molar-refractivity contribution in [3.63, 3.8) is 0 Å². The number of aliphatic hydroxyl groups excluding tert-OH is 2. The molecule has 0 saturated carbocycles. The van der Waals surface area contributed by atoms with Crippen LogP contribution in [-0.4, -0.2) is 81.8 Å². The molecule has 0 aliphatic carbocycles.